The van der Waals surface area contributed by atoms with E-state index < -0.39 is 5.54 Å². The molecule has 0 amide bonds. The fourth-order valence-corrected chi connectivity index (χ4v) is 5.12. The molecule has 2 aliphatic heterocycles. The minimum atomic E-state index is -0.605. The standard InChI is InChI=1S/C24H37N3O/c1-3-5-15-24(23(28)20(4-2)13-14-22(25)26-24)21-12-9-16-27(18-21)17-19-10-7-6-8-11-19/h6-8,10-11,20-21H,3-5,9,12-18H2,1-2H3,(H2,25,26)/t20?,21-,24?/m1/s1. The Bertz CT molecular complexity index is 672. The van der Waals surface area contributed by atoms with Crippen molar-refractivity contribution >= 4 is 11.6 Å². The first kappa shape index (κ1) is 21.0. The van der Waals surface area contributed by atoms with Gasteiger partial charge in [0.1, 0.15) is 5.54 Å². The van der Waals surface area contributed by atoms with Crippen molar-refractivity contribution in [3.05, 3.63) is 35.9 Å². The maximum absolute atomic E-state index is 13.7. The number of Topliss-reactive ketones (excluding diaryl/α,β-unsaturated/α-hetero) is 1. The number of ketones is 1. The number of carbonyl (C=O) groups excluding carboxylic acids is 1. The SMILES string of the molecule is CCCCC1([C@@H]2CCCN(Cc3ccccc3)C2)N=C(N)CCC(CC)C1=O. The minimum absolute atomic E-state index is 0.103. The van der Waals surface area contributed by atoms with Gasteiger partial charge in [0.15, 0.2) is 5.78 Å². The third-order valence-electron chi connectivity index (χ3n) is 6.72. The van der Waals surface area contributed by atoms with E-state index in [1.165, 1.54) is 5.56 Å². The van der Waals surface area contributed by atoms with Gasteiger partial charge in [0, 0.05) is 31.3 Å². The molecule has 0 spiro atoms. The molecule has 0 aromatic heterocycles. The number of nitrogens with two attached hydrogens (primary N) is 1. The third kappa shape index (κ3) is 4.65. The lowest BCUT2D eigenvalue weighted by molar-refractivity contribution is -0.131. The van der Waals surface area contributed by atoms with Crippen LogP contribution in [0.4, 0.5) is 0 Å². The van der Waals surface area contributed by atoms with E-state index in [2.05, 4.69) is 49.1 Å². The molecule has 2 N–H and O–H groups in total. The summed E-state index contributed by atoms with van der Waals surface area (Å²) < 4.78 is 0. The van der Waals surface area contributed by atoms with Crippen molar-refractivity contribution in [1.29, 1.82) is 0 Å². The van der Waals surface area contributed by atoms with Crippen LogP contribution in [0.2, 0.25) is 0 Å². The average Bonchev–Trinajstić information content (AvgIpc) is 2.84. The first-order chi connectivity index (χ1) is 13.6. The molecule has 28 heavy (non-hydrogen) atoms. The van der Waals surface area contributed by atoms with Crippen LogP contribution >= 0.6 is 0 Å². The zero-order chi connectivity index (χ0) is 20.0. The van der Waals surface area contributed by atoms with Gasteiger partial charge >= 0.3 is 0 Å². The second-order valence-corrected chi connectivity index (χ2v) is 8.70. The summed E-state index contributed by atoms with van der Waals surface area (Å²) in [7, 11) is 0. The predicted molar refractivity (Wildman–Crippen MR) is 116 cm³/mol. The highest BCUT2D eigenvalue weighted by Gasteiger charge is 2.49. The molecule has 0 bridgehead atoms. The maximum atomic E-state index is 13.7. The van der Waals surface area contributed by atoms with Crippen molar-refractivity contribution in [1.82, 2.24) is 4.90 Å². The molecule has 1 aromatic carbocycles. The lowest BCUT2D eigenvalue weighted by Gasteiger charge is -2.43. The zero-order valence-electron chi connectivity index (χ0n) is 17.7. The van der Waals surface area contributed by atoms with E-state index in [4.69, 9.17) is 10.7 Å². The van der Waals surface area contributed by atoms with Gasteiger partial charge in [-0.15, -0.1) is 0 Å². The van der Waals surface area contributed by atoms with Crippen LogP contribution in [-0.4, -0.2) is 35.1 Å². The van der Waals surface area contributed by atoms with Crippen molar-refractivity contribution in [2.75, 3.05) is 13.1 Å². The van der Waals surface area contributed by atoms with Crippen LogP contribution in [0.5, 0.6) is 0 Å². The van der Waals surface area contributed by atoms with E-state index >= 15 is 0 Å². The van der Waals surface area contributed by atoms with Gasteiger partial charge in [0.2, 0.25) is 0 Å². The average molecular weight is 384 g/mol. The number of hydrogen-bond acceptors (Lipinski definition) is 4. The highest BCUT2D eigenvalue weighted by molar-refractivity contribution is 5.96. The van der Waals surface area contributed by atoms with Gasteiger partial charge in [-0.2, -0.15) is 0 Å². The summed E-state index contributed by atoms with van der Waals surface area (Å²) in [6.45, 7) is 7.32. The van der Waals surface area contributed by atoms with E-state index in [9.17, 15) is 4.79 Å². The first-order valence-corrected chi connectivity index (χ1v) is 11.2. The summed E-state index contributed by atoms with van der Waals surface area (Å²) in [5.41, 5.74) is 7.05. The quantitative estimate of drug-likeness (QED) is 0.750. The van der Waals surface area contributed by atoms with Crippen molar-refractivity contribution in [2.45, 2.75) is 77.3 Å². The van der Waals surface area contributed by atoms with Crippen LogP contribution < -0.4 is 5.73 Å². The topological polar surface area (TPSA) is 58.7 Å². The number of aliphatic imine (C=N–C) groups is 1. The Morgan fingerprint density at radius 3 is 2.71 bits per heavy atom. The van der Waals surface area contributed by atoms with Gasteiger partial charge in [0.05, 0.1) is 5.84 Å². The highest BCUT2D eigenvalue weighted by Crippen LogP contribution is 2.40. The van der Waals surface area contributed by atoms with Crippen molar-refractivity contribution in [3.63, 3.8) is 0 Å². The first-order valence-electron chi connectivity index (χ1n) is 11.2. The number of rotatable bonds is 7. The fraction of sp³-hybridized carbons (Fsp3) is 0.667. The van der Waals surface area contributed by atoms with Crippen LogP contribution in [0.1, 0.15) is 70.8 Å². The number of carbonyl (C=O) groups is 1. The molecule has 2 unspecified atom stereocenters. The van der Waals surface area contributed by atoms with E-state index in [-0.39, 0.29) is 11.8 Å². The molecule has 2 heterocycles. The molecule has 0 aliphatic carbocycles. The number of benzene rings is 1. The van der Waals surface area contributed by atoms with Crippen molar-refractivity contribution < 1.29 is 4.79 Å². The van der Waals surface area contributed by atoms with Crippen LogP contribution in [0.3, 0.4) is 0 Å². The minimum Gasteiger partial charge on any atom is -0.387 e. The molecule has 2 aliphatic rings. The van der Waals surface area contributed by atoms with Gasteiger partial charge in [-0.1, -0.05) is 57.0 Å². The lowest BCUT2D eigenvalue weighted by Crippen LogP contribution is -2.53. The van der Waals surface area contributed by atoms with Gasteiger partial charge < -0.3 is 5.73 Å². The molecule has 3 rings (SSSR count). The van der Waals surface area contributed by atoms with E-state index in [1.807, 2.05) is 0 Å². The Balaban J connectivity index is 1.87. The molecule has 3 atom stereocenters. The molecule has 4 nitrogen and oxygen atoms in total. The third-order valence-corrected chi connectivity index (χ3v) is 6.72. The van der Waals surface area contributed by atoms with E-state index in [0.717, 1.165) is 71.0 Å². The Kier molecular flexibility index (Phi) is 7.28. The second-order valence-electron chi connectivity index (χ2n) is 8.70. The van der Waals surface area contributed by atoms with Crippen molar-refractivity contribution in [2.24, 2.45) is 22.6 Å². The second kappa shape index (κ2) is 9.69. The number of nitrogens with zero attached hydrogens (tertiary/aromatic N) is 2. The van der Waals surface area contributed by atoms with E-state index in [0.29, 0.717) is 11.6 Å². The molecular formula is C24H37N3O. The summed E-state index contributed by atoms with van der Waals surface area (Å²) >= 11 is 0. The van der Waals surface area contributed by atoms with Crippen LogP contribution in [0, 0.1) is 11.8 Å². The molecule has 0 radical (unpaired) electrons. The van der Waals surface area contributed by atoms with Crippen molar-refractivity contribution in [3.8, 4) is 0 Å². The number of hydrogen-bond donors (Lipinski definition) is 1. The molecule has 1 aromatic rings. The monoisotopic (exact) mass is 383 g/mol. The smallest absolute Gasteiger partial charge is 0.163 e. The Morgan fingerprint density at radius 1 is 1.21 bits per heavy atom. The zero-order valence-corrected chi connectivity index (χ0v) is 17.7. The number of amidine groups is 1. The van der Waals surface area contributed by atoms with E-state index in [1.54, 1.807) is 0 Å². The van der Waals surface area contributed by atoms with Crippen LogP contribution in [0.25, 0.3) is 0 Å². The van der Waals surface area contributed by atoms with Gasteiger partial charge in [-0.25, -0.2) is 0 Å². The van der Waals surface area contributed by atoms with Crippen LogP contribution in [0.15, 0.2) is 35.3 Å². The summed E-state index contributed by atoms with van der Waals surface area (Å²) in [4.78, 5) is 21.3. The molecule has 1 saturated heterocycles. The summed E-state index contributed by atoms with van der Waals surface area (Å²) in [5.74, 6) is 1.44. The molecule has 1 fully saturated rings. The largest absolute Gasteiger partial charge is 0.387 e. The summed E-state index contributed by atoms with van der Waals surface area (Å²) in [5, 5.41) is 0. The summed E-state index contributed by atoms with van der Waals surface area (Å²) in [6, 6.07) is 10.7. The molecule has 154 valence electrons. The van der Waals surface area contributed by atoms with Gasteiger partial charge in [0.25, 0.3) is 0 Å². The fourth-order valence-electron chi connectivity index (χ4n) is 5.12. The molecule has 0 saturated carbocycles. The van der Waals surface area contributed by atoms with Crippen LogP contribution in [-0.2, 0) is 11.3 Å². The number of likely N-dealkylation sites (tertiary alicyclic amines) is 1. The maximum Gasteiger partial charge on any atom is 0.163 e. The Labute approximate surface area is 170 Å². The predicted octanol–water partition coefficient (Wildman–Crippen LogP) is 4.57. The Morgan fingerprint density at radius 2 is 2.00 bits per heavy atom. The van der Waals surface area contributed by atoms with Gasteiger partial charge in [-0.3, -0.25) is 14.7 Å². The lowest BCUT2D eigenvalue weighted by atomic mass is 9.69. The number of unbranched alkanes of at least 4 members (excludes halogenated alkanes) is 1. The normalized spacial score (nSPS) is 29.4. The molecule has 4 heteroatoms. The molecular weight excluding hydrogens is 346 g/mol. The summed E-state index contributed by atoms with van der Waals surface area (Å²) in [6.07, 6.45) is 7.70. The highest BCUT2D eigenvalue weighted by atomic mass is 16.1. The number of piperidine rings is 1. The Hall–Kier alpha value is -1.68. The van der Waals surface area contributed by atoms with Gasteiger partial charge in [-0.05, 0) is 44.2 Å².